The zero-order valence-electron chi connectivity index (χ0n) is 15.9. The smallest absolute Gasteiger partial charge is 0.228 e. The highest BCUT2D eigenvalue weighted by molar-refractivity contribution is 5.63. The molecule has 0 amide bonds. The van der Waals surface area contributed by atoms with E-state index in [0.29, 0.717) is 12.1 Å². The van der Waals surface area contributed by atoms with Crippen LogP contribution in [0.1, 0.15) is 6.42 Å². The summed E-state index contributed by atoms with van der Waals surface area (Å²) in [6.07, 6.45) is 7.75. The second kappa shape index (κ2) is 6.70. The number of anilines is 3. The highest BCUT2D eigenvalue weighted by atomic mass is 19.1. The van der Waals surface area contributed by atoms with Crippen LogP contribution < -0.4 is 15.5 Å². The summed E-state index contributed by atoms with van der Waals surface area (Å²) >= 11 is 0. The van der Waals surface area contributed by atoms with E-state index in [2.05, 4.69) is 35.5 Å². The van der Waals surface area contributed by atoms with Gasteiger partial charge in [0.05, 0.1) is 11.9 Å². The molecule has 9 nitrogen and oxygen atoms in total. The van der Waals surface area contributed by atoms with Crippen molar-refractivity contribution in [2.75, 3.05) is 23.3 Å². The third-order valence-corrected chi connectivity index (χ3v) is 5.64. The lowest BCUT2D eigenvalue weighted by Crippen LogP contribution is -2.44. The Bertz CT molecular complexity index is 1220. The minimum Gasteiger partial charge on any atom is -0.349 e. The van der Waals surface area contributed by atoms with Gasteiger partial charge < -0.3 is 15.5 Å². The Morgan fingerprint density at radius 2 is 1.97 bits per heavy atom. The largest absolute Gasteiger partial charge is 0.349 e. The van der Waals surface area contributed by atoms with Gasteiger partial charge in [-0.25, -0.2) is 28.8 Å². The fraction of sp³-hybridized carbons (Fsp3) is 0.250. The van der Waals surface area contributed by atoms with Crippen molar-refractivity contribution in [2.24, 2.45) is 0 Å². The molecule has 4 aromatic rings. The zero-order chi connectivity index (χ0) is 20.1. The van der Waals surface area contributed by atoms with E-state index in [0.717, 1.165) is 42.2 Å². The molecule has 2 saturated heterocycles. The number of rotatable bonds is 4. The van der Waals surface area contributed by atoms with Gasteiger partial charge in [0.1, 0.15) is 5.82 Å². The van der Waals surface area contributed by atoms with Crippen LogP contribution in [0.25, 0.3) is 16.9 Å². The van der Waals surface area contributed by atoms with Crippen LogP contribution in [0.15, 0.2) is 49.1 Å². The zero-order valence-corrected chi connectivity index (χ0v) is 15.9. The molecule has 4 aromatic heterocycles. The third-order valence-electron chi connectivity index (χ3n) is 5.64. The van der Waals surface area contributed by atoms with Gasteiger partial charge in [-0.3, -0.25) is 0 Å². The molecule has 6 heterocycles. The van der Waals surface area contributed by atoms with Gasteiger partial charge in [0, 0.05) is 49.3 Å². The first-order valence-electron chi connectivity index (χ1n) is 9.79. The minimum absolute atomic E-state index is 0.0840. The quantitative estimate of drug-likeness (QED) is 0.534. The monoisotopic (exact) mass is 403 g/mol. The normalized spacial score (nSPS) is 20.2. The molecule has 0 aliphatic carbocycles. The van der Waals surface area contributed by atoms with Crippen LogP contribution in [0.3, 0.4) is 0 Å². The first kappa shape index (κ1) is 17.2. The number of fused-ring (bicyclic) bond motifs is 3. The van der Waals surface area contributed by atoms with Crippen molar-refractivity contribution in [1.82, 2.24) is 34.9 Å². The summed E-state index contributed by atoms with van der Waals surface area (Å²) in [5, 5.41) is 11.1. The predicted molar refractivity (Wildman–Crippen MR) is 109 cm³/mol. The average molecular weight is 403 g/mol. The van der Waals surface area contributed by atoms with Crippen LogP contribution in [-0.4, -0.2) is 54.7 Å². The Balaban J connectivity index is 1.30. The number of hydrogen-bond donors (Lipinski definition) is 2. The van der Waals surface area contributed by atoms with E-state index in [9.17, 15) is 4.39 Å². The van der Waals surface area contributed by atoms with Crippen molar-refractivity contribution in [2.45, 2.75) is 18.5 Å². The van der Waals surface area contributed by atoms with Crippen molar-refractivity contribution in [3.05, 3.63) is 54.9 Å². The Hall–Kier alpha value is -3.66. The fourth-order valence-electron chi connectivity index (χ4n) is 4.16. The summed E-state index contributed by atoms with van der Waals surface area (Å²) in [7, 11) is 0. The topological polar surface area (TPSA) is 96.2 Å². The van der Waals surface area contributed by atoms with Crippen LogP contribution >= 0.6 is 0 Å². The summed E-state index contributed by atoms with van der Waals surface area (Å²) in [6.45, 7) is 1.97. The molecule has 0 spiro atoms. The number of imidazole rings is 1. The number of pyridine rings is 1. The molecule has 2 unspecified atom stereocenters. The summed E-state index contributed by atoms with van der Waals surface area (Å²) in [4.78, 5) is 19.3. The molecule has 2 atom stereocenters. The Labute approximate surface area is 171 Å². The van der Waals surface area contributed by atoms with Crippen LogP contribution in [0.2, 0.25) is 0 Å². The highest BCUT2D eigenvalue weighted by Crippen LogP contribution is 2.29. The lowest BCUT2D eigenvalue weighted by molar-refractivity contribution is 0.573. The molecule has 2 aliphatic rings. The van der Waals surface area contributed by atoms with E-state index in [-0.39, 0.29) is 11.8 Å². The molecule has 10 heteroatoms. The van der Waals surface area contributed by atoms with Crippen LogP contribution in [-0.2, 0) is 0 Å². The summed E-state index contributed by atoms with van der Waals surface area (Å²) < 4.78 is 15.6. The molecule has 2 aliphatic heterocycles. The second-order valence-electron chi connectivity index (χ2n) is 7.51. The number of halogens is 1. The molecule has 0 aromatic carbocycles. The lowest BCUT2D eigenvalue weighted by atomic mass is 10.2. The van der Waals surface area contributed by atoms with Gasteiger partial charge >= 0.3 is 0 Å². The number of nitrogens with one attached hydrogen (secondary N) is 2. The molecule has 2 fully saturated rings. The molecule has 30 heavy (non-hydrogen) atoms. The van der Waals surface area contributed by atoms with E-state index in [1.165, 1.54) is 18.3 Å². The van der Waals surface area contributed by atoms with E-state index in [1.54, 1.807) is 18.6 Å². The summed E-state index contributed by atoms with van der Waals surface area (Å²) in [5.41, 5.74) is 2.32. The molecule has 2 bridgehead atoms. The fourth-order valence-corrected chi connectivity index (χ4v) is 4.16. The Kier molecular flexibility index (Phi) is 3.85. The standard InChI is InChI=1S/C20H18FN9/c21-15-2-1-5-22-19(15)27-20-25-7-12(8-26-20)16-10-24-17-3-4-18(28-30(16)17)29-11-13-6-14(29)9-23-13/h1-5,7-8,10,13-14,23H,6,9,11H2,(H,22,25,26,27). The second-order valence-corrected chi connectivity index (χ2v) is 7.51. The van der Waals surface area contributed by atoms with E-state index in [4.69, 9.17) is 5.10 Å². The van der Waals surface area contributed by atoms with Crippen molar-refractivity contribution >= 4 is 23.2 Å². The van der Waals surface area contributed by atoms with Gasteiger partial charge in [-0.1, -0.05) is 0 Å². The predicted octanol–water partition coefficient (Wildman–Crippen LogP) is 2.01. The Morgan fingerprint density at radius 3 is 2.73 bits per heavy atom. The molecular weight excluding hydrogens is 385 g/mol. The van der Waals surface area contributed by atoms with Gasteiger partial charge in [0.15, 0.2) is 17.3 Å². The van der Waals surface area contributed by atoms with Crippen molar-refractivity contribution < 1.29 is 4.39 Å². The number of piperazine rings is 1. The average Bonchev–Trinajstić information content (AvgIpc) is 3.51. The maximum absolute atomic E-state index is 13.8. The lowest BCUT2D eigenvalue weighted by Gasteiger charge is -2.28. The molecule has 6 rings (SSSR count). The minimum atomic E-state index is -0.463. The first-order valence-corrected chi connectivity index (χ1v) is 9.79. The van der Waals surface area contributed by atoms with Crippen LogP contribution in [0.4, 0.5) is 22.0 Å². The van der Waals surface area contributed by atoms with E-state index < -0.39 is 5.82 Å². The maximum Gasteiger partial charge on any atom is 0.228 e. The SMILES string of the molecule is Fc1cccnc1Nc1ncc(-c2cnc3ccc(N4CC5CC4CN5)nn23)cn1. The molecule has 2 N–H and O–H groups in total. The first-order chi connectivity index (χ1) is 14.7. The Morgan fingerprint density at radius 1 is 1.07 bits per heavy atom. The molecule has 150 valence electrons. The van der Waals surface area contributed by atoms with Crippen LogP contribution in [0.5, 0.6) is 0 Å². The summed E-state index contributed by atoms with van der Waals surface area (Å²) in [5.74, 6) is 0.829. The third kappa shape index (κ3) is 2.84. The van der Waals surface area contributed by atoms with Gasteiger partial charge in [0.2, 0.25) is 5.95 Å². The summed E-state index contributed by atoms with van der Waals surface area (Å²) in [6, 6.07) is 7.90. The van der Waals surface area contributed by atoms with Crippen LogP contribution in [0, 0.1) is 5.82 Å². The molecule has 0 saturated carbocycles. The maximum atomic E-state index is 13.8. The van der Waals surface area contributed by atoms with E-state index >= 15 is 0 Å². The molecular formula is C20H18FN9. The van der Waals surface area contributed by atoms with Gasteiger partial charge in [-0.05, 0) is 30.7 Å². The van der Waals surface area contributed by atoms with Gasteiger partial charge in [-0.15, -0.1) is 5.10 Å². The van der Waals surface area contributed by atoms with Gasteiger partial charge in [-0.2, -0.15) is 0 Å². The highest BCUT2D eigenvalue weighted by Gasteiger charge is 2.38. The number of hydrogen-bond acceptors (Lipinski definition) is 8. The van der Waals surface area contributed by atoms with Crippen molar-refractivity contribution in [3.63, 3.8) is 0 Å². The molecule has 0 radical (unpaired) electrons. The van der Waals surface area contributed by atoms with Gasteiger partial charge in [0.25, 0.3) is 0 Å². The van der Waals surface area contributed by atoms with Crippen molar-refractivity contribution in [1.29, 1.82) is 0 Å². The number of aromatic nitrogens is 6. The van der Waals surface area contributed by atoms with Crippen molar-refractivity contribution in [3.8, 4) is 11.3 Å². The number of nitrogens with zero attached hydrogens (tertiary/aromatic N) is 7. The van der Waals surface area contributed by atoms with E-state index in [1.807, 2.05) is 16.6 Å².